The van der Waals surface area contributed by atoms with Crippen molar-refractivity contribution in [2.75, 3.05) is 17.9 Å². The van der Waals surface area contributed by atoms with Crippen molar-refractivity contribution < 1.29 is 9.53 Å². The largest absolute Gasteiger partial charge is 0.495 e. The molecule has 0 atom stereocenters. The number of hydrazine groups is 1. The van der Waals surface area contributed by atoms with Crippen molar-refractivity contribution in [1.82, 2.24) is 0 Å². The van der Waals surface area contributed by atoms with Gasteiger partial charge in [-0.1, -0.05) is 23.2 Å². The Balaban J connectivity index is 2.28. The van der Waals surface area contributed by atoms with E-state index >= 15 is 0 Å². The number of aryl methyl sites for hydroxylation is 1. The molecule has 0 saturated heterocycles. The number of nitrogens with two attached hydrogens (primary N) is 1. The molecule has 2 aromatic carbocycles. The van der Waals surface area contributed by atoms with Crippen LogP contribution < -0.4 is 21.3 Å². The number of anilines is 2. The molecular weight excluding hydrogens is 290 g/mol. The van der Waals surface area contributed by atoms with E-state index in [1.54, 1.807) is 30.3 Å². The molecule has 4 N–H and O–H groups in total. The van der Waals surface area contributed by atoms with Gasteiger partial charge in [-0.25, -0.2) is 0 Å². The maximum absolute atomic E-state index is 12.4. The highest BCUT2D eigenvalue weighted by Crippen LogP contribution is 2.28. The number of carbonyl (C=O) groups is 1. The van der Waals surface area contributed by atoms with E-state index in [2.05, 4.69) is 10.7 Å². The van der Waals surface area contributed by atoms with Crippen LogP contribution in [0.4, 0.5) is 11.4 Å². The normalized spacial score (nSPS) is 10.1. The molecule has 110 valence electrons. The third-order valence-electron chi connectivity index (χ3n) is 2.98. The molecule has 0 spiro atoms. The summed E-state index contributed by atoms with van der Waals surface area (Å²) in [6, 6.07) is 10.4. The Morgan fingerprint density at radius 3 is 2.67 bits per heavy atom. The molecular formula is C15H16ClN3O2. The van der Waals surface area contributed by atoms with Gasteiger partial charge in [-0.2, -0.15) is 0 Å². The summed E-state index contributed by atoms with van der Waals surface area (Å²) in [5.41, 5.74) is 5.09. The number of nitrogen functional groups attached to an aromatic ring is 1. The fourth-order valence-corrected chi connectivity index (χ4v) is 2.10. The van der Waals surface area contributed by atoms with Crippen LogP contribution in [0, 0.1) is 6.92 Å². The Kier molecular flexibility index (Phi) is 4.67. The second kappa shape index (κ2) is 6.47. The van der Waals surface area contributed by atoms with Crippen molar-refractivity contribution in [2.45, 2.75) is 6.92 Å². The van der Waals surface area contributed by atoms with E-state index in [9.17, 15) is 4.79 Å². The second-order valence-corrected chi connectivity index (χ2v) is 4.90. The Hall–Kier alpha value is -2.24. The van der Waals surface area contributed by atoms with E-state index in [4.69, 9.17) is 22.2 Å². The van der Waals surface area contributed by atoms with Crippen molar-refractivity contribution in [2.24, 2.45) is 5.84 Å². The summed E-state index contributed by atoms with van der Waals surface area (Å²) in [7, 11) is 1.52. The van der Waals surface area contributed by atoms with Crippen LogP contribution in [0.25, 0.3) is 0 Å². The number of nitrogens with one attached hydrogen (secondary N) is 2. The lowest BCUT2D eigenvalue weighted by Gasteiger charge is -2.12. The summed E-state index contributed by atoms with van der Waals surface area (Å²) in [5, 5.41) is 3.27. The van der Waals surface area contributed by atoms with Crippen LogP contribution in [0.3, 0.4) is 0 Å². The summed E-state index contributed by atoms with van der Waals surface area (Å²) >= 11 is 5.95. The highest BCUT2D eigenvalue weighted by Gasteiger charge is 2.12. The van der Waals surface area contributed by atoms with Gasteiger partial charge in [0.1, 0.15) is 5.75 Å². The molecule has 0 unspecified atom stereocenters. The van der Waals surface area contributed by atoms with Crippen molar-refractivity contribution in [3.63, 3.8) is 0 Å². The number of ether oxygens (including phenoxy) is 1. The molecule has 0 heterocycles. The van der Waals surface area contributed by atoms with Crippen LogP contribution in [0.2, 0.25) is 5.02 Å². The van der Waals surface area contributed by atoms with Gasteiger partial charge in [0.25, 0.3) is 5.91 Å². The van der Waals surface area contributed by atoms with Gasteiger partial charge >= 0.3 is 0 Å². The molecule has 21 heavy (non-hydrogen) atoms. The number of carbonyl (C=O) groups excluding carboxylic acids is 1. The smallest absolute Gasteiger partial charge is 0.257 e. The minimum Gasteiger partial charge on any atom is -0.495 e. The molecule has 5 nitrogen and oxygen atoms in total. The van der Waals surface area contributed by atoms with Crippen molar-refractivity contribution in [3.8, 4) is 5.75 Å². The summed E-state index contributed by atoms with van der Waals surface area (Å²) in [5.74, 6) is 5.66. The Morgan fingerprint density at radius 1 is 1.24 bits per heavy atom. The Labute approximate surface area is 128 Å². The van der Waals surface area contributed by atoms with Gasteiger partial charge < -0.3 is 15.5 Å². The average molecular weight is 306 g/mol. The lowest BCUT2D eigenvalue weighted by Crippen LogP contribution is -2.17. The predicted molar refractivity (Wildman–Crippen MR) is 84.9 cm³/mol. The third kappa shape index (κ3) is 3.45. The molecule has 0 aliphatic rings. The number of hydrogen-bond acceptors (Lipinski definition) is 4. The maximum atomic E-state index is 12.4. The van der Waals surface area contributed by atoms with Crippen LogP contribution in [-0.2, 0) is 0 Å². The standard InChI is InChI=1S/C15H16ClN3O2/c1-9-3-6-13(19-17)11(7-9)15(20)18-10-4-5-12(16)14(8-10)21-2/h3-8,19H,17H2,1-2H3,(H,18,20). The Morgan fingerprint density at radius 2 is 2.00 bits per heavy atom. The number of benzene rings is 2. The fraction of sp³-hybridized carbons (Fsp3) is 0.133. The third-order valence-corrected chi connectivity index (χ3v) is 3.30. The number of halogens is 1. The van der Waals surface area contributed by atoms with Crippen molar-refractivity contribution in [1.29, 1.82) is 0 Å². The minimum atomic E-state index is -0.268. The first-order chi connectivity index (χ1) is 10.0. The van der Waals surface area contributed by atoms with Crippen LogP contribution in [0.5, 0.6) is 5.75 Å². The molecule has 0 fully saturated rings. The highest BCUT2D eigenvalue weighted by molar-refractivity contribution is 6.32. The topological polar surface area (TPSA) is 76.4 Å². The molecule has 0 aliphatic heterocycles. The molecule has 0 bridgehead atoms. The zero-order valence-electron chi connectivity index (χ0n) is 11.7. The Bertz CT molecular complexity index is 674. The van der Waals surface area contributed by atoms with E-state index in [-0.39, 0.29) is 5.91 Å². The number of rotatable bonds is 4. The minimum absolute atomic E-state index is 0.268. The maximum Gasteiger partial charge on any atom is 0.257 e. The molecule has 0 aliphatic carbocycles. The van der Waals surface area contributed by atoms with E-state index in [0.717, 1.165) is 5.56 Å². The molecule has 6 heteroatoms. The van der Waals surface area contributed by atoms with Crippen molar-refractivity contribution >= 4 is 28.9 Å². The van der Waals surface area contributed by atoms with Crippen LogP contribution in [0.1, 0.15) is 15.9 Å². The molecule has 2 rings (SSSR count). The summed E-state index contributed by atoms with van der Waals surface area (Å²) in [6.45, 7) is 1.91. The number of methoxy groups -OCH3 is 1. The summed E-state index contributed by atoms with van der Waals surface area (Å²) in [4.78, 5) is 12.4. The first kappa shape index (κ1) is 15.2. The van der Waals surface area contributed by atoms with Crippen LogP contribution in [0.15, 0.2) is 36.4 Å². The average Bonchev–Trinajstić information content (AvgIpc) is 2.49. The lowest BCUT2D eigenvalue weighted by molar-refractivity contribution is 0.102. The first-order valence-electron chi connectivity index (χ1n) is 6.27. The fourth-order valence-electron chi connectivity index (χ4n) is 1.91. The van der Waals surface area contributed by atoms with Gasteiger partial charge in [-0.15, -0.1) is 0 Å². The van der Waals surface area contributed by atoms with Gasteiger partial charge in [0.2, 0.25) is 0 Å². The monoisotopic (exact) mass is 305 g/mol. The number of hydrogen-bond donors (Lipinski definition) is 3. The summed E-state index contributed by atoms with van der Waals surface area (Å²) in [6.07, 6.45) is 0. The highest BCUT2D eigenvalue weighted by atomic mass is 35.5. The first-order valence-corrected chi connectivity index (χ1v) is 6.65. The zero-order chi connectivity index (χ0) is 15.4. The molecule has 1 amide bonds. The van der Waals surface area contributed by atoms with Crippen LogP contribution >= 0.6 is 11.6 Å². The molecule has 0 saturated carbocycles. The molecule has 2 aromatic rings. The van der Waals surface area contributed by atoms with E-state index in [1.807, 2.05) is 13.0 Å². The van der Waals surface area contributed by atoms with E-state index in [0.29, 0.717) is 27.7 Å². The summed E-state index contributed by atoms with van der Waals surface area (Å²) < 4.78 is 5.12. The molecule has 0 aromatic heterocycles. The van der Waals surface area contributed by atoms with Gasteiger partial charge in [-0.3, -0.25) is 10.6 Å². The van der Waals surface area contributed by atoms with E-state index in [1.165, 1.54) is 7.11 Å². The predicted octanol–water partition coefficient (Wildman–Crippen LogP) is 3.19. The van der Waals surface area contributed by atoms with E-state index < -0.39 is 0 Å². The van der Waals surface area contributed by atoms with Gasteiger partial charge in [0.15, 0.2) is 0 Å². The second-order valence-electron chi connectivity index (χ2n) is 4.50. The molecule has 0 radical (unpaired) electrons. The zero-order valence-corrected chi connectivity index (χ0v) is 12.5. The number of amides is 1. The van der Waals surface area contributed by atoms with Crippen LogP contribution in [-0.4, -0.2) is 13.0 Å². The SMILES string of the molecule is COc1cc(NC(=O)c2cc(C)ccc2NN)ccc1Cl. The van der Waals surface area contributed by atoms with Gasteiger partial charge in [0.05, 0.1) is 23.4 Å². The van der Waals surface area contributed by atoms with Crippen molar-refractivity contribution in [3.05, 3.63) is 52.5 Å². The van der Waals surface area contributed by atoms with Gasteiger partial charge in [0, 0.05) is 11.8 Å². The van der Waals surface area contributed by atoms with Gasteiger partial charge in [-0.05, 0) is 31.2 Å². The lowest BCUT2D eigenvalue weighted by atomic mass is 10.1. The quantitative estimate of drug-likeness (QED) is 0.599.